The lowest BCUT2D eigenvalue weighted by Crippen LogP contribution is -2.43. The molecule has 1 fully saturated rings. The summed E-state index contributed by atoms with van der Waals surface area (Å²) in [6.07, 6.45) is 2.34. The smallest absolute Gasteiger partial charge is 0.226 e. The molecule has 6 heteroatoms. The summed E-state index contributed by atoms with van der Waals surface area (Å²) in [5.41, 5.74) is 0.818. The highest BCUT2D eigenvalue weighted by molar-refractivity contribution is 9.10. The molecule has 0 aliphatic carbocycles. The number of thioether (sulfide) groups is 1. The molecule has 1 aromatic heterocycles. The highest BCUT2D eigenvalue weighted by atomic mass is 79.9. The molecule has 0 radical (unpaired) electrons. The van der Waals surface area contributed by atoms with Crippen LogP contribution in [0.15, 0.2) is 16.7 Å². The lowest BCUT2D eigenvalue weighted by Gasteiger charge is -2.34. The molecule has 1 unspecified atom stereocenters. The van der Waals surface area contributed by atoms with Crippen molar-refractivity contribution in [2.75, 3.05) is 28.3 Å². The van der Waals surface area contributed by atoms with E-state index in [-0.39, 0.29) is 11.9 Å². The highest BCUT2D eigenvalue weighted by Gasteiger charge is 2.31. The number of carbonyl (C=O) groups excluding carboxylic acids is 1. The first-order valence-electron chi connectivity index (χ1n) is 5.54. The first kappa shape index (κ1) is 11.3. The van der Waals surface area contributed by atoms with Crippen molar-refractivity contribution in [1.29, 1.82) is 0 Å². The number of pyridine rings is 1. The zero-order valence-electron chi connectivity index (χ0n) is 9.15. The van der Waals surface area contributed by atoms with Gasteiger partial charge in [0.25, 0.3) is 0 Å². The van der Waals surface area contributed by atoms with Crippen LogP contribution in [0.5, 0.6) is 0 Å². The second-order valence-corrected chi connectivity index (χ2v) is 6.26. The molecule has 0 saturated carbocycles. The molecule has 1 N–H and O–H groups in total. The molecule has 3 heterocycles. The zero-order chi connectivity index (χ0) is 11.8. The van der Waals surface area contributed by atoms with Gasteiger partial charge in [0.05, 0.1) is 5.69 Å². The van der Waals surface area contributed by atoms with Crippen LogP contribution in [0, 0.1) is 0 Å². The summed E-state index contributed by atoms with van der Waals surface area (Å²) in [6.45, 7) is 0.964. The molecule has 2 aliphatic heterocycles. The largest absolute Gasteiger partial charge is 0.350 e. The van der Waals surface area contributed by atoms with Crippen molar-refractivity contribution in [3.05, 3.63) is 16.7 Å². The molecule has 0 spiro atoms. The number of nitrogens with one attached hydrogen (secondary N) is 1. The fraction of sp³-hybridized carbons (Fsp3) is 0.455. The van der Waals surface area contributed by atoms with Crippen molar-refractivity contribution in [3.8, 4) is 0 Å². The molecule has 1 atom stereocenters. The molecule has 0 bridgehead atoms. The summed E-state index contributed by atoms with van der Waals surface area (Å²) in [4.78, 5) is 18.5. The van der Waals surface area contributed by atoms with Crippen molar-refractivity contribution in [3.63, 3.8) is 0 Å². The molecular weight excluding hydrogens is 302 g/mol. The number of halogens is 1. The molecule has 1 saturated heterocycles. The second kappa shape index (κ2) is 4.49. The molecule has 17 heavy (non-hydrogen) atoms. The minimum atomic E-state index is 0.0844. The quantitative estimate of drug-likeness (QED) is 0.797. The summed E-state index contributed by atoms with van der Waals surface area (Å²) >= 11 is 5.30. The van der Waals surface area contributed by atoms with Crippen molar-refractivity contribution in [2.24, 2.45) is 0 Å². The van der Waals surface area contributed by atoms with Gasteiger partial charge in [-0.2, -0.15) is 11.8 Å². The van der Waals surface area contributed by atoms with E-state index in [1.54, 1.807) is 6.20 Å². The van der Waals surface area contributed by atoms with Gasteiger partial charge in [-0.15, -0.1) is 0 Å². The number of nitrogens with zero attached hydrogens (tertiary/aromatic N) is 2. The average molecular weight is 314 g/mol. The minimum Gasteiger partial charge on any atom is -0.350 e. The van der Waals surface area contributed by atoms with Crippen LogP contribution >= 0.6 is 27.7 Å². The Bertz CT molecular complexity index is 468. The predicted molar refractivity (Wildman–Crippen MR) is 73.6 cm³/mol. The predicted octanol–water partition coefficient (Wildman–Crippen LogP) is 2.11. The Morgan fingerprint density at radius 1 is 1.59 bits per heavy atom. The summed E-state index contributed by atoms with van der Waals surface area (Å²) in [7, 11) is 0. The molecule has 1 aromatic rings. The number of hydrogen-bond donors (Lipinski definition) is 1. The minimum absolute atomic E-state index is 0.0844. The van der Waals surface area contributed by atoms with Gasteiger partial charge in [0.15, 0.2) is 5.82 Å². The molecular formula is C11H12BrN3OS. The van der Waals surface area contributed by atoms with Gasteiger partial charge in [-0.25, -0.2) is 4.98 Å². The van der Waals surface area contributed by atoms with Crippen LogP contribution in [-0.2, 0) is 4.79 Å². The average Bonchev–Trinajstić information content (AvgIpc) is 2.43. The lowest BCUT2D eigenvalue weighted by atomic mass is 10.2. The van der Waals surface area contributed by atoms with Crippen LogP contribution in [0.2, 0.25) is 0 Å². The van der Waals surface area contributed by atoms with E-state index in [9.17, 15) is 4.79 Å². The van der Waals surface area contributed by atoms with Gasteiger partial charge in [0.2, 0.25) is 5.91 Å². The van der Waals surface area contributed by atoms with Gasteiger partial charge in [0.1, 0.15) is 0 Å². The van der Waals surface area contributed by atoms with Gasteiger partial charge in [-0.05, 0) is 22.0 Å². The SMILES string of the molecule is O=C1CC2CSCCN2c2ncc(Br)cc2N1. The Balaban J connectivity index is 2.05. The van der Waals surface area contributed by atoms with Crippen molar-refractivity contribution in [2.45, 2.75) is 12.5 Å². The first-order valence-corrected chi connectivity index (χ1v) is 7.48. The Labute approximate surface area is 112 Å². The number of hydrogen-bond acceptors (Lipinski definition) is 4. The number of rotatable bonds is 0. The molecule has 90 valence electrons. The first-order chi connectivity index (χ1) is 8.24. The number of anilines is 2. The Morgan fingerprint density at radius 3 is 3.35 bits per heavy atom. The summed E-state index contributed by atoms with van der Waals surface area (Å²) < 4.78 is 0.890. The summed E-state index contributed by atoms with van der Waals surface area (Å²) in [6, 6.07) is 2.20. The van der Waals surface area contributed by atoms with Gasteiger partial charge in [-0.3, -0.25) is 4.79 Å². The van der Waals surface area contributed by atoms with Crippen molar-refractivity contribution < 1.29 is 4.79 Å². The maximum absolute atomic E-state index is 11.8. The Hall–Kier alpha value is -0.750. The lowest BCUT2D eigenvalue weighted by molar-refractivity contribution is -0.116. The van der Waals surface area contributed by atoms with Crippen LogP contribution in [0.4, 0.5) is 11.5 Å². The number of carbonyl (C=O) groups is 1. The van der Waals surface area contributed by atoms with E-state index in [1.807, 2.05) is 17.8 Å². The van der Waals surface area contributed by atoms with E-state index in [4.69, 9.17) is 0 Å². The molecule has 2 aliphatic rings. The number of amides is 1. The zero-order valence-corrected chi connectivity index (χ0v) is 11.6. The second-order valence-electron chi connectivity index (χ2n) is 4.20. The summed E-state index contributed by atoms with van der Waals surface area (Å²) in [5.74, 6) is 3.09. The Morgan fingerprint density at radius 2 is 2.47 bits per heavy atom. The summed E-state index contributed by atoms with van der Waals surface area (Å²) in [5, 5.41) is 2.94. The maximum atomic E-state index is 11.8. The van der Waals surface area contributed by atoms with Crippen LogP contribution in [0.1, 0.15) is 6.42 Å². The number of aromatic nitrogens is 1. The van der Waals surface area contributed by atoms with Gasteiger partial charge in [-0.1, -0.05) is 0 Å². The van der Waals surface area contributed by atoms with E-state index in [0.29, 0.717) is 6.42 Å². The fourth-order valence-electron chi connectivity index (χ4n) is 2.27. The standard InChI is InChI=1S/C11H12BrN3OS/c12-7-3-9-11(13-5-7)15-1-2-17-6-8(15)4-10(16)14-9/h3,5,8H,1-2,4,6H2,(H,14,16). The number of fused-ring (bicyclic) bond motifs is 3. The third-order valence-electron chi connectivity index (χ3n) is 3.03. The molecule has 3 rings (SSSR count). The van der Waals surface area contributed by atoms with Crippen molar-refractivity contribution in [1.82, 2.24) is 4.98 Å². The van der Waals surface area contributed by atoms with E-state index in [0.717, 1.165) is 34.0 Å². The van der Waals surface area contributed by atoms with E-state index in [1.165, 1.54) is 0 Å². The fourth-order valence-corrected chi connectivity index (χ4v) is 3.66. The van der Waals surface area contributed by atoms with Gasteiger partial charge in [0, 0.05) is 41.2 Å². The maximum Gasteiger partial charge on any atom is 0.226 e. The monoisotopic (exact) mass is 313 g/mol. The van der Waals surface area contributed by atoms with E-state index < -0.39 is 0 Å². The van der Waals surface area contributed by atoms with Gasteiger partial charge >= 0.3 is 0 Å². The van der Waals surface area contributed by atoms with Crippen LogP contribution in [0.3, 0.4) is 0 Å². The topological polar surface area (TPSA) is 45.2 Å². The third-order valence-corrected chi connectivity index (χ3v) is 4.55. The third kappa shape index (κ3) is 2.15. The molecule has 1 amide bonds. The van der Waals surface area contributed by atoms with Crippen LogP contribution in [0.25, 0.3) is 0 Å². The van der Waals surface area contributed by atoms with Crippen LogP contribution < -0.4 is 10.2 Å². The van der Waals surface area contributed by atoms with E-state index >= 15 is 0 Å². The van der Waals surface area contributed by atoms with Gasteiger partial charge < -0.3 is 10.2 Å². The Kier molecular flexibility index (Phi) is 3.00. The van der Waals surface area contributed by atoms with E-state index in [2.05, 4.69) is 31.1 Å². The van der Waals surface area contributed by atoms with Crippen LogP contribution in [-0.4, -0.2) is 35.0 Å². The highest BCUT2D eigenvalue weighted by Crippen LogP contribution is 2.34. The normalized spacial score (nSPS) is 23.5. The molecule has 4 nitrogen and oxygen atoms in total. The molecule has 0 aromatic carbocycles. The van der Waals surface area contributed by atoms with Crippen molar-refractivity contribution >= 4 is 45.1 Å².